The highest BCUT2D eigenvalue weighted by Crippen LogP contribution is 2.45. The summed E-state index contributed by atoms with van der Waals surface area (Å²) >= 11 is 3.40. The molecule has 2 rings (SSSR count). The molecule has 0 saturated heterocycles. The first-order valence-corrected chi connectivity index (χ1v) is 5.84. The van der Waals surface area contributed by atoms with Gasteiger partial charge in [-0.15, -0.1) is 0 Å². The zero-order chi connectivity index (χ0) is 10.9. The summed E-state index contributed by atoms with van der Waals surface area (Å²) in [6.45, 7) is 1.05. The van der Waals surface area contributed by atoms with E-state index in [4.69, 9.17) is 5.73 Å². The number of halogens is 1. The molecule has 0 unspecified atom stereocenters. The summed E-state index contributed by atoms with van der Waals surface area (Å²) < 4.78 is 1.01. The maximum absolute atomic E-state index is 9.18. The fourth-order valence-corrected chi connectivity index (χ4v) is 1.89. The lowest BCUT2D eigenvalue weighted by molar-refractivity contribution is 0.220. The molecule has 0 radical (unpaired) electrons. The van der Waals surface area contributed by atoms with Crippen molar-refractivity contribution in [3.8, 4) is 0 Å². The van der Waals surface area contributed by atoms with Crippen molar-refractivity contribution in [2.75, 3.05) is 24.2 Å². The second-order valence-electron chi connectivity index (χ2n) is 4.24. The van der Waals surface area contributed by atoms with Gasteiger partial charge in [0.1, 0.15) is 0 Å². The highest BCUT2D eigenvalue weighted by molar-refractivity contribution is 9.10. The van der Waals surface area contributed by atoms with Crippen LogP contribution in [0.3, 0.4) is 0 Å². The largest absolute Gasteiger partial charge is 0.397 e. The molecule has 15 heavy (non-hydrogen) atoms. The molecular formula is C11H15BrN2O. The Morgan fingerprint density at radius 1 is 1.47 bits per heavy atom. The van der Waals surface area contributed by atoms with E-state index in [0.29, 0.717) is 0 Å². The monoisotopic (exact) mass is 270 g/mol. The van der Waals surface area contributed by atoms with E-state index in [1.165, 1.54) is 0 Å². The number of hydrogen-bond donors (Lipinski definition) is 3. The molecule has 1 aromatic rings. The van der Waals surface area contributed by atoms with Gasteiger partial charge in [0.25, 0.3) is 0 Å². The summed E-state index contributed by atoms with van der Waals surface area (Å²) in [6.07, 6.45) is 2.20. The molecule has 3 nitrogen and oxygen atoms in total. The number of aliphatic hydroxyl groups is 1. The standard InChI is InChI=1S/C11H15BrN2O/c12-8-1-2-9(13)10(5-8)14-6-11(7-15)3-4-11/h1-2,5,14-15H,3-4,6-7,13H2. The number of nitrogen functional groups attached to an aromatic ring is 1. The summed E-state index contributed by atoms with van der Waals surface area (Å²) in [6, 6.07) is 5.74. The van der Waals surface area contributed by atoms with Crippen molar-refractivity contribution in [2.45, 2.75) is 12.8 Å². The van der Waals surface area contributed by atoms with Crippen LogP contribution in [0.5, 0.6) is 0 Å². The van der Waals surface area contributed by atoms with E-state index >= 15 is 0 Å². The van der Waals surface area contributed by atoms with Crippen LogP contribution in [0.4, 0.5) is 11.4 Å². The van der Waals surface area contributed by atoms with Crippen molar-refractivity contribution in [3.05, 3.63) is 22.7 Å². The number of hydrogen-bond acceptors (Lipinski definition) is 3. The predicted molar refractivity (Wildman–Crippen MR) is 65.8 cm³/mol. The predicted octanol–water partition coefficient (Wildman–Crippen LogP) is 2.22. The minimum absolute atomic E-state index is 0.106. The quantitative estimate of drug-likeness (QED) is 0.736. The zero-order valence-electron chi connectivity index (χ0n) is 8.46. The third kappa shape index (κ3) is 2.44. The van der Waals surface area contributed by atoms with E-state index in [-0.39, 0.29) is 12.0 Å². The molecule has 1 aliphatic rings. The summed E-state index contributed by atoms with van der Waals surface area (Å²) in [5.41, 5.74) is 7.62. The third-order valence-corrected chi connectivity index (χ3v) is 3.45. The Morgan fingerprint density at radius 2 is 2.20 bits per heavy atom. The Morgan fingerprint density at radius 3 is 2.80 bits per heavy atom. The molecule has 0 aromatic heterocycles. The maximum Gasteiger partial charge on any atom is 0.0585 e. The molecule has 0 bridgehead atoms. The first-order chi connectivity index (χ1) is 7.15. The van der Waals surface area contributed by atoms with Crippen LogP contribution in [0.2, 0.25) is 0 Å². The fourth-order valence-electron chi connectivity index (χ4n) is 1.53. The lowest BCUT2D eigenvalue weighted by atomic mass is 10.1. The topological polar surface area (TPSA) is 58.3 Å². The minimum atomic E-state index is 0.106. The fraction of sp³-hybridized carbons (Fsp3) is 0.455. The van der Waals surface area contributed by atoms with Crippen LogP contribution < -0.4 is 11.1 Å². The number of aliphatic hydroxyl groups excluding tert-OH is 1. The smallest absolute Gasteiger partial charge is 0.0585 e. The number of anilines is 2. The lowest BCUT2D eigenvalue weighted by Crippen LogP contribution is -2.19. The van der Waals surface area contributed by atoms with Gasteiger partial charge in [-0.3, -0.25) is 0 Å². The van der Waals surface area contributed by atoms with Gasteiger partial charge in [-0.2, -0.15) is 0 Å². The first-order valence-electron chi connectivity index (χ1n) is 5.05. The molecule has 1 saturated carbocycles. The SMILES string of the molecule is Nc1ccc(Br)cc1NCC1(CO)CC1. The van der Waals surface area contributed by atoms with Crippen molar-refractivity contribution in [3.63, 3.8) is 0 Å². The summed E-state index contributed by atoms with van der Waals surface area (Å²) in [5, 5.41) is 12.5. The van der Waals surface area contributed by atoms with Gasteiger partial charge in [0.05, 0.1) is 18.0 Å². The molecule has 0 amide bonds. The lowest BCUT2D eigenvalue weighted by Gasteiger charge is -2.15. The van der Waals surface area contributed by atoms with Crippen molar-refractivity contribution in [1.29, 1.82) is 0 Å². The molecule has 1 aliphatic carbocycles. The molecule has 4 N–H and O–H groups in total. The van der Waals surface area contributed by atoms with Crippen LogP contribution in [0.25, 0.3) is 0 Å². The van der Waals surface area contributed by atoms with Crippen molar-refractivity contribution in [1.82, 2.24) is 0 Å². The van der Waals surface area contributed by atoms with Crippen molar-refractivity contribution in [2.24, 2.45) is 5.41 Å². The average Bonchev–Trinajstić information content (AvgIpc) is 3.00. The van der Waals surface area contributed by atoms with Crippen LogP contribution in [0.1, 0.15) is 12.8 Å². The van der Waals surface area contributed by atoms with E-state index in [1.54, 1.807) is 0 Å². The Hall–Kier alpha value is -0.740. The first kappa shape index (κ1) is 10.8. The van der Waals surface area contributed by atoms with Gasteiger partial charge in [-0.25, -0.2) is 0 Å². The van der Waals surface area contributed by atoms with E-state index in [1.807, 2.05) is 18.2 Å². The third-order valence-electron chi connectivity index (χ3n) is 2.96. The summed E-state index contributed by atoms with van der Waals surface area (Å²) in [4.78, 5) is 0. The van der Waals surface area contributed by atoms with E-state index in [2.05, 4.69) is 21.2 Å². The molecule has 0 heterocycles. The van der Waals surface area contributed by atoms with E-state index in [9.17, 15) is 5.11 Å². The Labute approximate surface area is 97.8 Å². The van der Waals surface area contributed by atoms with Gasteiger partial charge in [0.2, 0.25) is 0 Å². The number of benzene rings is 1. The minimum Gasteiger partial charge on any atom is -0.397 e. The molecular weight excluding hydrogens is 256 g/mol. The van der Waals surface area contributed by atoms with Crippen molar-refractivity contribution >= 4 is 27.3 Å². The van der Waals surface area contributed by atoms with Gasteiger partial charge >= 0.3 is 0 Å². The van der Waals surface area contributed by atoms with Gasteiger partial charge < -0.3 is 16.2 Å². The van der Waals surface area contributed by atoms with Crippen LogP contribution in [-0.4, -0.2) is 18.3 Å². The van der Waals surface area contributed by atoms with E-state index in [0.717, 1.165) is 35.2 Å². The molecule has 1 fully saturated rings. The molecule has 1 aromatic carbocycles. The normalized spacial score (nSPS) is 17.5. The van der Waals surface area contributed by atoms with Crippen LogP contribution in [0.15, 0.2) is 22.7 Å². The molecule has 0 atom stereocenters. The number of nitrogens with two attached hydrogens (primary N) is 1. The number of rotatable bonds is 4. The molecule has 0 spiro atoms. The Kier molecular flexibility index (Phi) is 2.89. The molecule has 0 aliphatic heterocycles. The summed E-state index contributed by atoms with van der Waals surface area (Å²) in [5.74, 6) is 0. The number of nitrogens with one attached hydrogen (secondary N) is 1. The van der Waals surface area contributed by atoms with Gasteiger partial charge in [0, 0.05) is 16.4 Å². The zero-order valence-corrected chi connectivity index (χ0v) is 10.0. The highest BCUT2D eigenvalue weighted by atomic mass is 79.9. The van der Waals surface area contributed by atoms with Crippen LogP contribution in [0, 0.1) is 5.41 Å². The van der Waals surface area contributed by atoms with Gasteiger partial charge in [0.15, 0.2) is 0 Å². The Bertz CT molecular complexity index is 364. The summed E-state index contributed by atoms with van der Waals surface area (Å²) in [7, 11) is 0. The van der Waals surface area contributed by atoms with Gasteiger partial charge in [-0.1, -0.05) is 15.9 Å². The molecule has 82 valence electrons. The second kappa shape index (κ2) is 4.02. The van der Waals surface area contributed by atoms with Crippen LogP contribution in [-0.2, 0) is 0 Å². The second-order valence-corrected chi connectivity index (χ2v) is 5.16. The average molecular weight is 271 g/mol. The van der Waals surface area contributed by atoms with E-state index < -0.39 is 0 Å². The Balaban J connectivity index is 2.01. The molecule has 4 heteroatoms. The van der Waals surface area contributed by atoms with Crippen molar-refractivity contribution < 1.29 is 5.11 Å². The highest BCUT2D eigenvalue weighted by Gasteiger charge is 2.41. The maximum atomic E-state index is 9.18. The van der Waals surface area contributed by atoms with Crippen LogP contribution >= 0.6 is 15.9 Å². The van der Waals surface area contributed by atoms with Gasteiger partial charge in [-0.05, 0) is 31.0 Å².